The molecular weight excluding hydrogens is 272 g/mol. The number of nitrogens with one attached hydrogen (secondary N) is 1. The number of hydrogen-bond donors (Lipinski definition) is 1. The SMILES string of the molecule is COc1ccc([C@@H](C2CC2)N2C(=O)[C@@H](C)NC2=S)cc1. The minimum absolute atomic E-state index is 0.0540. The second-order valence-electron chi connectivity index (χ2n) is 5.43. The Hall–Kier alpha value is -1.62. The summed E-state index contributed by atoms with van der Waals surface area (Å²) in [5.74, 6) is 1.41. The number of ether oxygens (including phenoxy) is 1. The topological polar surface area (TPSA) is 41.6 Å². The Kier molecular flexibility index (Phi) is 3.38. The zero-order valence-corrected chi connectivity index (χ0v) is 12.4. The lowest BCUT2D eigenvalue weighted by molar-refractivity contribution is -0.128. The quantitative estimate of drug-likeness (QED) is 0.864. The lowest BCUT2D eigenvalue weighted by Crippen LogP contribution is -2.36. The summed E-state index contributed by atoms with van der Waals surface area (Å²) in [6, 6.07) is 7.76. The van der Waals surface area contributed by atoms with Crippen molar-refractivity contribution in [2.75, 3.05) is 7.11 Å². The van der Waals surface area contributed by atoms with Gasteiger partial charge in [0.15, 0.2) is 5.11 Å². The van der Waals surface area contributed by atoms with Crippen LogP contribution in [0.1, 0.15) is 31.4 Å². The smallest absolute Gasteiger partial charge is 0.251 e. The van der Waals surface area contributed by atoms with Crippen molar-refractivity contribution in [2.45, 2.75) is 31.8 Å². The Bertz CT molecular complexity index is 539. The summed E-state index contributed by atoms with van der Waals surface area (Å²) in [5.41, 5.74) is 1.12. The van der Waals surface area contributed by atoms with E-state index in [1.807, 2.05) is 31.2 Å². The van der Waals surface area contributed by atoms with E-state index in [2.05, 4.69) is 5.32 Å². The molecule has 1 aliphatic carbocycles. The molecule has 1 heterocycles. The fourth-order valence-corrected chi connectivity index (χ4v) is 3.11. The molecule has 1 amide bonds. The molecule has 0 aromatic heterocycles. The minimum atomic E-state index is -0.220. The van der Waals surface area contributed by atoms with Crippen molar-refractivity contribution in [3.05, 3.63) is 29.8 Å². The van der Waals surface area contributed by atoms with Gasteiger partial charge in [0.2, 0.25) is 0 Å². The first-order valence-electron chi connectivity index (χ1n) is 6.89. The van der Waals surface area contributed by atoms with Gasteiger partial charge in [-0.15, -0.1) is 0 Å². The van der Waals surface area contributed by atoms with Gasteiger partial charge < -0.3 is 10.1 Å². The third-order valence-corrected chi connectivity index (χ3v) is 4.29. The van der Waals surface area contributed by atoms with E-state index >= 15 is 0 Å². The van der Waals surface area contributed by atoms with Crippen molar-refractivity contribution in [1.29, 1.82) is 0 Å². The summed E-state index contributed by atoms with van der Waals surface area (Å²) in [4.78, 5) is 14.1. The van der Waals surface area contributed by atoms with Gasteiger partial charge in [-0.25, -0.2) is 0 Å². The summed E-state index contributed by atoms with van der Waals surface area (Å²) < 4.78 is 5.19. The maximum absolute atomic E-state index is 12.3. The monoisotopic (exact) mass is 290 g/mol. The second-order valence-corrected chi connectivity index (χ2v) is 5.82. The standard InChI is InChI=1S/C15H18N2O2S/c1-9-14(18)17(15(20)16-9)13(10-3-4-10)11-5-7-12(19-2)8-6-11/h5-10,13H,3-4H2,1-2H3,(H,16,20)/t9-,13-/m1/s1. The first-order valence-corrected chi connectivity index (χ1v) is 7.30. The first kappa shape index (κ1) is 13.4. The van der Waals surface area contributed by atoms with E-state index in [1.54, 1.807) is 12.0 Å². The van der Waals surface area contributed by atoms with Crippen molar-refractivity contribution >= 4 is 23.2 Å². The van der Waals surface area contributed by atoms with Crippen LogP contribution >= 0.6 is 12.2 Å². The van der Waals surface area contributed by atoms with Crippen LogP contribution in [-0.2, 0) is 4.79 Å². The highest BCUT2D eigenvalue weighted by molar-refractivity contribution is 7.80. The summed E-state index contributed by atoms with van der Waals surface area (Å²) in [5, 5.41) is 3.61. The molecule has 1 saturated heterocycles. The van der Waals surface area contributed by atoms with E-state index in [9.17, 15) is 4.79 Å². The van der Waals surface area contributed by atoms with Gasteiger partial charge in [-0.2, -0.15) is 0 Å². The van der Waals surface area contributed by atoms with Gasteiger partial charge in [0.25, 0.3) is 5.91 Å². The molecule has 1 aromatic rings. The van der Waals surface area contributed by atoms with E-state index in [0.29, 0.717) is 11.0 Å². The predicted molar refractivity (Wildman–Crippen MR) is 80.5 cm³/mol. The molecule has 2 atom stereocenters. The lowest BCUT2D eigenvalue weighted by atomic mass is 10.0. The molecule has 5 heteroatoms. The first-order chi connectivity index (χ1) is 9.61. The Labute approximate surface area is 124 Å². The largest absolute Gasteiger partial charge is 0.497 e. The molecule has 0 unspecified atom stereocenters. The Morgan fingerprint density at radius 1 is 1.35 bits per heavy atom. The van der Waals surface area contributed by atoms with Crippen LogP contribution in [0.3, 0.4) is 0 Å². The highest BCUT2D eigenvalue weighted by Crippen LogP contribution is 2.45. The Morgan fingerprint density at radius 3 is 2.45 bits per heavy atom. The molecule has 0 bridgehead atoms. The molecule has 106 valence electrons. The zero-order chi connectivity index (χ0) is 14.3. The van der Waals surface area contributed by atoms with E-state index in [1.165, 1.54) is 0 Å². The van der Waals surface area contributed by atoms with Gasteiger partial charge in [-0.1, -0.05) is 12.1 Å². The van der Waals surface area contributed by atoms with Crippen molar-refractivity contribution in [1.82, 2.24) is 10.2 Å². The molecule has 1 saturated carbocycles. The normalized spacial score (nSPS) is 23.7. The summed E-state index contributed by atoms with van der Waals surface area (Å²) in [6.07, 6.45) is 2.30. The van der Waals surface area contributed by atoms with Crippen LogP contribution in [0.15, 0.2) is 24.3 Å². The molecule has 20 heavy (non-hydrogen) atoms. The van der Waals surface area contributed by atoms with E-state index in [-0.39, 0.29) is 18.0 Å². The van der Waals surface area contributed by atoms with Crippen molar-refractivity contribution in [3.63, 3.8) is 0 Å². The molecule has 2 aliphatic rings. The lowest BCUT2D eigenvalue weighted by Gasteiger charge is -2.27. The number of benzene rings is 1. The number of hydrogen-bond acceptors (Lipinski definition) is 3. The number of rotatable bonds is 4. The van der Waals surface area contributed by atoms with E-state index in [4.69, 9.17) is 17.0 Å². The fraction of sp³-hybridized carbons (Fsp3) is 0.467. The van der Waals surface area contributed by atoms with Gasteiger partial charge >= 0.3 is 0 Å². The highest BCUT2D eigenvalue weighted by atomic mass is 32.1. The van der Waals surface area contributed by atoms with Gasteiger partial charge in [0, 0.05) is 0 Å². The third kappa shape index (κ3) is 2.26. The number of carbonyl (C=O) groups is 1. The average Bonchev–Trinajstić information content (AvgIpc) is 3.24. The van der Waals surface area contributed by atoms with Crippen molar-refractivity contribution < 1.29 is 9.53 Å². The van der Waals surface area contributed by atoms with Crippen molar-refractivity contribution in [3.8, 4) is 5.75 Å². The molecule has 1 aromatic carbocycles. The average molecular weight is 290 g/mol. The highest BCUT2D eigenvalue weighted by Gasteiger charge is 2.44. The van der Waals surface area contributed by atoms with Gasteiger partial charge in [-0.05, 0) is 55.6 Å². The van der Waals surface area contributed by atoms with Crippen LogP contribution in [-0.4, -0.2) is 29.1 Å². The van der Waals surface area contributed by atoms with Crippen LogP contribution in [0, 0.1) is 5.92 Å². The van der Waals surface area contributed by atoms with Crippen LogP contribution in [0.5, 0.6) is 5.75 Å². The van der Waals surface area contributed by atoms with Gasteiger partial charge in [-0.3, -0.25) is 9.69 Å². The maximum Gasteiger partial charge on any atom is 0.251 e. The molecule has 0 spiro atoms. The van der Waals surface area contributed by atoms with Crippen LogP contribution in [0.25, 0.3) is 0 Å². The van der Waals surface area contributed by atoms with Crippen LogP contribution in [0.2, 0.25) is 0 Å². The molecule has 4 nitrogen and oxygen atoms in total. The maximum atomic E-state index is 12.3. The molecular formula is C15H18N2O2S. The molecule has 1 N–H and O–H groups in total. The fourth-order valence-electron chi connectivity index (χ4n) is 2.73. The molecule has 2 fully saturated rings. The predicted octanol–water partition coefficient (Wildman–Crippen LogP) is 2.25. The van der Waals surface area contributed by atoms with E-state index < -0.39 is 0 Å². The van der Waals surface area contributed by atoms with Crippen LogP contribution < -0.4 is 10.1 Å². The summed E-state index contributed by atoms with van der Waals surface area (Å²) in [6.45, 7) is 1.85. The molecule has 0 radical (unpaired) electrons. The number of carbonyl (C=O) groups excluding carboxylic acids is 1. The Balaban J connectivity index is 1.92. The van der Waals surface area contributed by atoms with E-state index in [0.717, 1.165) is 24.2 Å². The Morgan fingerprint density at radius 2 is 2.00 bits per heavy atom. The van der Waals surface area contributed by atoms with Crippen LogP contribution in [0.4, 0.5) is 0 Å². The van der Waals surface area contributed by atoms with Gasteiger partial charge in [0.1, 0.15) is 11.8 Å². The minimum Gasteiger partial charge on any atom is -0.497 e. The number of thiocarbonyl (C=S) groups is 1. The number of nitrogens with zero attached hydrogens (tertiary/aromatic N) is 1. The zero-order valence-electron chi connectivity index (χ0n) is 11.6. The second kappa shape index (κ2) is 5.05. The molecule has 1 aliphatic heterocycles. The molecule has 3 rings (SSSR count). The third-order valence-electron chi connectivity index (χ3n) is 3.97. The van der Waals surface area contributed by atoms with Crippen molar-refractivity contribution in [2.24, 2.45) is 5.92 Å². The summed E-state index contributed by atoms with van der Waals surface area (Å²) >= 11 is 5.34. The summed E-state index contributed by atoms with van der Waals surface area (Å²) in [7, 11) is 1.65. The number of amides is 1. The number of methoxy groups -OCH3 is 1. The van der Waals surface area contributed by atoms with Gasteiger partial charge in [0.05, 0.1) is 13.2 Å².